The number of anilines is 1. The summed E-state index contributed by atoms with van der Waals surface area (Å²) in [5, 5.41) is 3.12. The second-order valence-corrected chi connectivity index (χ2v) is 6.97. The third kappa shape index (κ3) is 4.22. The summed E-state index contributed by atoms with van der Waals surface area (Å²) < 4.78 is 39.4. The predicted octanol–water partition coefficient (Wildman–Crippen LogP) is 2.08. The summed E-state index contributed by atoms with van der Waals surface area (Å²) in [5.74, 6) is -0.501. The molecule has 1 aromatic rings. The molecule has 2 rings (SSSR count). The third-order valence-electron chi connectivity index (χ3n) is 2.58. The summed E-state index contributed by atoms with van der Waals surface area (Å²) in [7, 11) is -3.45. The van der Waals surface area contributed by atoms with Crippen LogP contribution >= 0.6 is 15.9 Å². The Morgan fingerprint density at radius 3 is 2.78 bits per heavy atom. The molecule has 0 amide bonds. The second kappa shape index (κ2) is 5.54. The van der Waals surface area contributed by atoms with E-state index in [1.165, 1.54) is 12.1 Å². The number of hydrogen-bond acceptors (Lipinski definition) is 3. The number of sulfonamides is 1. The van der Waals surface area contributed by atoms with Gasteiger partial charge in [0.05, 0.1) is 11.4 Å². The number of rotatable bonds is 6. The fourth-order valence-corrected chi connectivity index (χ4v) is 2.95. The number of nitrogens with one attached hydrogen (secondary N) is 2. The van der Waals surface area contributed by atoms with Gasteiger partial charge in [0, 0.05) is 17.1 Å². The third-order valence-corrected chi connectivity index (χ3v) is 4.54. The lowest BCUT2D eigenvalue weighted by Gasteiger charge is -2.10. The first kappa shape index (κ1) is 13.8. The molecule has 1 aromatic carbocycles. The van der Waals surface area contributed by atoms with E-state index in [1.807, 2.05) is 0 Å². The van der Waals surface area contributed by atoms with Gasteiger partial charge < -0.3 is 5.32 Å². The lowest BCUT2D eigenvalue weighted by molar-refractivity contribution is 0.595. The van der Waals surface area contributed by atoms with Gasteiger partial charge in [-0.25, -0.2) is 12.8 Å². The van der Waals surface area contributed by atoms with E-state index in [9.17, 15) is 12.8 Å². The molecule has 1 aliphatic rings. The standard InChI is InChI=1S/C11H14BrFN2O2S/c12-10-4-1-8(13)7-11(10)15-18(16,17)6-5-14-9-2-3-9/h1,4,7,9,14-15H,2-3,5-6H2. The zero-order valence-corrected chi connectivity index (χ0v) is 12.0. The molecule has 0 saturated heterocycles. The van der Waals surface area contributed by atoms with E-state index in [4.69, 9.17) is 0 Å². The van der Waals surface area contributed by atoms with Crippen molar-refractivity contribution in [2.75, 3.05) is 17.0 Å². The summed E-state index contributed by atoms with van der Waals surface area (Å²) in [6, 6.07) is 4.35. The molecule has 0 atom stereocenters. The fourth-order valence-electron chi connectivity index (χ4n) is 1.48. The molecular formula is C11H14BrFN2O2S. The summed E-state index contributed by atoms with van der Waals surface area (Å²) in [6.07, 6.45) is 2.23. The molecule has 0 unspecified atom stereocenters. The lowest BCUT2D eigenvalue weighted by atomic mass is 10.3. The van der Waals surface area contributed by atoms with Crippen LogP contribution in [0.5, 0.6) is 0 Å². The summed E-state index contributed by atoms with van der Waals surface area (Å²) in [6.45, 7) is 0.410. The minimum atomic E-state index is -3.45. The van der Waals surface area contributed by atoms with E-state index in [0.29, 0.717) is 17.1 Å². The Hall–Kier alpha value is -0.660. The van der Waals surface area contributed by atoms with Crippen LogP contribution < -0.4 is 10.0 Å². The minimum Gasteiger partial charge on any atom is -0.313 e. The van der Waals surface area contributed by atoms with Gasteiger partial charge in [-0.05, 0) is 47.0 Å². The molecular weight excluding hydrogens is 323 g/mol. The van der Waals surface area contributed by atoms with Gasteiger partial charge in [0.1, 0.15) is 5.82 Å². The largest absolute Gasteiger partial charge is 0.313 e. The molecule has 100 valence electrons. The zero-order chi connectivity index (χ0) is 13.2. The highest BCUT2D eigenvalue weighted by Crippen LogP contribution is 2.24. The van der Waals surface area contributed by atoms with Gasteiger partial charge >= 0.3 is 0 Å². The molecule has 0 spiro atoms. The van der Waals surface area contributed by atoms with Gasteiger partial charge in [-0.2, -0.15) is 0 Å². The predicted molar refractivity (Wildman–Crippen MR) is 72.5 cm³/mol. The highest BCUT2D eigenvalue weighted by atomic mass is 79.9. The van der Waals surface area contributed by atoms with Gasteiger partial charge in [-0.1, -0.05) is 0 Å². The van der Waals surface area contributed by atoms with Crippen LogP contribution in [0, 0.1) is 5.82 Å². The van der Waals surface area contributed by atoms with Gasteiger partial charge in [0.15, 0.2) is 0 Å². The van der Waals surface area contributed by atoms with E-state index in [1.54, 1.807) is 0 Å². The Balaban J connectivity index is 1.95. The second-order valence-electron chi connectivity index (χ2n) is 4.27. The van der Waals surface area contributed by atoms with Crippen LogP contribution in [0.15, 0.2) is 22.7 Å². The molecule has 4 nitrogen and oxygen atoms in total. The van der Waals surface area contributed by atoms with Gasteiger partial charge in [0.2, 0.25) is 10.0 Å². The SMILES string of the molecule is O=S(=O)(CCNC1CC1)Nc1cc(F)ccc1Br. The molecule has 2 N–H and O–H groups in total. The first-order valence-electron chi connectivity index (χ1n) is 5.65. The molecule has 1 aliphatic carbocycles. The fraction of sp³-hybridized carbons (Fsp3) is 0.455. The van der Waals surface area contributed by atoms with E-state index >= 15 is 0 Å². The van der Waals surface area contributed by atoms with Crippen molar-refractivity contribution in [1.82, 2.24) is 5.32 Å². The summed E-state index contributed by atoms with van der Waals surface area (Å²) in [4.78, 5) is 0. The highest BCUT2D eigenvalue weighted by Gasteiger charge is 2.21. The van der Waals surface area contributed by atoms with Crippen LogP contribution in [0.4, 0.5) is 10.1 Å². The van der Waals surface area contributed by atoms with Crippen LogP contribution in [0.2, 0.25) is 0 Å². The maximum absolute atomic E-state index is 13.0. The van der Waals surface area contributed by atoms with Crippen molar-refractivity contribution in [2.45, 2.75) is 18.9 Å². The Morgan fingerprint density at radius 2 is 2.11 bits per heavy atom. The monoisotopic (exact) mass is 336 g/mol. The average molecular weight is 337 g/mol. The highest BCUT2D eigenvalue weighted by molar-refractivity contribution is 9.10. The van der Waals surface area contributed by atoms with Crippen molar-refractivity contribution < 1.29 is 12.8 Å². The number of benzene rings is 1. The molecule has 1 fully saturated rings. The topological polar surface area (TPSA) is 58.2 Å². The van der Waals surface area contributed by atoms with E-state index in [-0.39, 0.29) is 11.4 Å². The Kier molecular flexibility index (Phi) is 4.24. The van der Waals surface area contributed by atoms with Crippen LogP contribution in [0.25, 0.3) is 0 Å². The molecule has 0 aromatic heterocycles. The molecule has 0 aliphatic heterocycles. The normalized spacial score (nSPS) is 15.7. The summed E-state index contributed by atoms with van der Waals surface area (Å²) >= 11 is 3.18. The summed E-state index contributed by atoms with van der Waals surface area (Å²) in [5.41, 5.74) is 0.224. The van der Waals surface area contributed by atoms with Crippen molar-refractivity contribution in [1.29, 1.82) is 0 Å². The minimum absolute atomic E-state index is 0.0214. The first-order valence-corrected chi connectivity index (χ1v) is 8.10. The van der Waals surface area contributed by atoms with E-state index in [0.717, 1.165) is 18.9 Å². The van der Waals surface area contributed by atoms with E-state index < -0.39 is 15.8 Å². The Morgan fingerprint density at radius 1 is 1.39 bits per heavy atom. The van der Waals surface area contributed by atoms with Crippen LogP contribution in [-0.2, 0) is 10.0 Å². The maximum Gasteiger partial charge on any atom is 0.234 e. The molecule has 1 saturated carbocycles. The molecule has 7 heteroatoms. The smallest absolute Gasteiger partial charge is 0.234 e. The maximum atomic E-state index is 13.0. The van der Waals surface area contributed by atoms with Crippen molar-refractivity contribution >= 4 is 31.6 Å². The van der Waals surface area contributed by atoms with Crippen LogP contribution in [0.3, 0.4) is 0 Å². The first-order chi connectivity index (χ1) is 8.46. The van der Waals surface area contributed by atoms with Crippen molar-refractivity contribution in [3.63, 3.8) is 0 Å². The average Bonchev–Trinajstić information content (AvgIpc) is 3.07. The Bertz CT molecular complexity index is 532. The quantitative estimate of drug-likeness (QED) is 0.836. The van der Waals surface area contributed by atoms with Crippen LogP contribution in [-0.4, -0.2) is 26.8 Å². The van der Waals surface area contributed by atoms with E-state index in [2.05, 4.69) is 26.0 Å². The van der Waals surface area contributed by atoms with Crippen molar-refractivity contribution in [2.24, 2.45) is 0 Å². The van der Waals surface area contributed by atoms with Crippen molar-refractivity contribution in [3.05, 3.63) is 28.5 Å². The lowest BCUT2D eigenvalue weighted by Crippen LogP contribution is -2.28. The molecule has 0 heterocycles. The van der Waals surface area contributed by atoms with Gasteiger partial charge in [-0.3, -0.25) is 4.72 Å². The Labute approximate surface area is 114 Å². The molecule has 18 heavy (non-hydrogen) atoms. The molecule has 0 radical (unpaired) electrons. The van der Waals surface area contributed by atoms with Gasteiger partial charge in [-0.15, -0.1) is 0 Å². The van der Waals surface area contributed by atoms with Crippen LogP contribution in [0.1, 0.15) is 12.8 Å². The molecule has 0 bridgehead atoms. The van der Waals surface area contributed by atoms with Crippen molar-refractivity contribution in [3.8, 4) is 0 Å². The zero-order valence-electron chi connectivity index (χ0n) is 9.62. The number of halogens is 2. The van der Waals surface area contributed by atoms with Gasteiger partial charge in [0.25, 0.3) is 0 Å². The number of hydrogen-bond donors (Lipinski definition) is 2.